The van der Waals surface area contributed by atoms with Gasteiger partial charge in [0, 0.05) is 15.4 Å². The van der Waals surface area contributed by atoms with E-state index >= 15 is 0 Å². The van der Waals surface area contributed by atoms with E-state index in [4.69, 9.17) is 11.6 Å². The third-order valence-electron chi connectivity index (χ3n) is 3.74. The average molecular weight is 431 g/mol. The summed E-state index contributed by atoms with van der Waals surface area (Å²) in [5, 5.41) is 3.75. The standard InChI is InChI=1S/C17H12BrClF3N3/c1-8(10-3-2-4-11(14(10)20)15(21)22)23-16-12-7-9(18)5-6-13(12)24-17(19)25-16/h2-8,15H,1H3,(H,23,24,25). The molecule has 0 aliphatic heterocycles. The summed E-state index contributed by atoms with van der Waals surface area (Å²) < 4.78 is 41.0. The van der Waals surface area contributed by atoms with Gasteiger partial charge in [0.1, 0.15) is 11.6 Å². The van der Waals surface area contributed by atoms with Crippen molar-refractivity contribution in [1.29, 1.82) is 0 Å². The first kappa shape index (κ1) is 17.9. The van der Waals surface area contributed by atoms with Crippen LogP contribution in [0.15, 0.2) is 40.9 Å². The van der Waals surface area contributed by atoms with Gasteiger partial charge in [-0.3, -0.25) is 0 Å². The molecule has 0 aliphatic rings. The number of nitrogens with one attached hydrogen (secondary N) is 1. The van der Waals surface area contributed by atoms with Gasteiger partial charge in [0.2, 0.25) is 5.28 Å². The summed E-state index contributed by atoms with van der Waals surface area (Å²) in [6, 6.07) is 8.70. The van der Waals surface area contributed by atoms with Crippen LogP contribution in [0.5, 0.6) is 0 Å². The first-order chi connectivity index (χ1) is 11.9. The Bertz CT molecular complexity index is 936. The maximum atomic E-state index is 14.3. The van der Waals surface area contributed by atoms with Crippen LogP contribution in [0.2, 0.25) is 5.28 Å². The van der Waals surface area contributed by atoms with Crippen LogP contribution in [-0.2, 0) is 0 Å². The molecule has 0 fully saturated rings. The lowest BCUT2D eigenvalue weighted by atomic mass is 10.0. The third-order valence-corrected chi connectivity index (χ3v) is 4.41. The minimum atomic E-state index is -2.88. The van der Waals surface area contributed by atoms with E-state index in [0.29, 0.717) is 16.7 Å². The molecule has 3 aromatic rings. The van der Waals surface area contributed by atoms with Gasteiger partial charge in [0.15, 0.2) is 0 Å². The highest BCUT2D eigenvalue weighted by molar-refractivity contribution is 9.10. The molecule has 1 heterocycles. The van der Waals surface area contributed by atoms with Gasteiger partial charge in [0.25, 0.3) is 6.43 Å². The van der Waals surface area contributed by atoms with Gasteiger partial charge >= 0.3 is 0 Å². The molecule has 0 aliphatic carbocycles. The molecule has 0 saturated heterocycles. The lowest BCUT2D eigenvalue weighted by Crippen LogP contribution is -2.12. The molecule has 3 nitrogen and oxygen atoms in total. The number of benzene rings is 2. The van der Waals surface area contributed by atoms with Crippen LogP contribution < -0.4 is 5.32 Å². The zero-order valence-corrected chi connectivity index (χ0v) is 15.2. The Morgan fingerprint density at radius 3 is 2.56 bits per heavy atom. The highest BCUT2D eigenvalue weighted by Gasteiger charge is 2.20. The maximum Gasteiger partial charge on any atom is 0.266 e. The number of rotatable bonds is 4. The van der Waals surface area contributed by atoms with E-state index in [2.05, 4.69) is 31.2 Å². The SMILES string of the molecule is CC(Nc1nc(Cl)nc2ccc(Br)cc12)c1cccc(C(F)F)c1F. The van der Waals surface area contributed by atoms with E-state index in [0.717, 1.165) is 10.5 Å². The smallest absolute Gasteiger partial charge is 0.266 e. The number of halogens is 5. The Hall–Kier alpha value is -1.86. The van der Waals surface area contributed by atoms with Gasteiger partial charge in [-0.2, -0.15) is 0 Å². The summed E-state index contributed by atoms with van der Waals surface area (Å²) in [6.07, 6.45) is -2.88. The minimum Gasteiger partial charge on any atom is -0.363 e. The average Bonchev–Trinajstić information content (AvgIpc) is 2.55. The number of hydrogen-bond acceptors (Lipinski definition) is 3. The Morgan fingerprint density at radius 2 is 1.84 bits per heavy atom. The molecular formula is C17H12BrClF3N3. The van der Waals surface area contributed by atoms with Crippen molar-refractivity contribution in [2.24, 2.45) is 0 Å². The molecule has 8 heteroatoms. The van der Waals surface area contributed by atoms with Gasteiger partial charge in [-0.1, -0.05) is 34.1 Å². The molecule has 0 spiro atoms. The Morgan fingerprint density at radius 1 is 1.12 bits per heavy atom. The van der Waals surface area contributed by atoms with Crippen molar-refractivity contribution >= 4 is 44.3 Å². The monoisotopic (exact) mass is 429 g/mol. The van der Waals surface area contributed by atoms with E-state index < -0.39 is 23.8 Å². The fourth-order valence-corrected chi connectivity index (χ4v) is 3.07. The van der Waals surface area contributed by atoms with Crippen molar-refractivity contribution in [3.63, 3.8) is 0 Å². The van der Waals surface area contributed by atoms with Gasteiger partial charge in [-0.25, -0.2) is 23.1 Å². The second kappa shape index (κ2) is 7.17. The molecule has 2 aromatic carbocycles. The van der Waals surface area contributed by atoms with E-state index in [1.807, 2.05) is 6.07 Å². The number of hydrogen-bond donors (Lipinski definition) is 1. The summed E-state index contributed by atoms with van der Waals surface area (Å²) in [5.74, 6) is -0.534. The highest BCUT2D eigenvalue weighted by Crippen LogP contribution is 2.31. The second-order valence-corrected chi connectivity index (χ2v) is 6.67. The topological polar surface area (TPSA) is 37.8 Å². The van der Waals surface area contributed by atoms with Gasteiger partial charge < -0.3 is 5.32 Å². The largest absolute Gasteiger partial charge is 0.363 e. The summed E-state index contributed by atoms with van der Waals surface area (Å²) in [5.41, 5.74) is 0.106. The van der Waals surface area contributed by atoms with Crippen LogP contribution in [0.1, 0.15) is 30.5 Å². The number of alkyl halides is 2. The van der Waals surface area contributed by atoms with Crippen LogP contribution in [0.25, 0.3) is 10.9 Å². The lowest BCUT2D eigenvalue weighted by molar-refractivity contribution is 0.146. The first-order valence-corrected chi connectivity index (χ1v) is 8.49. The van der Waals surface area contributed by atoms with E-state index in [-0.39, 0.29) is 10.8 Å². The molecule has 1 unspecified atom stereocenters. The van der Waals surface area contributed by atoms with Crippen LogP contribution in [-0.4, -0.2) is 9.97 Å². The van der Waals surface area contributed by atoms with Crippen molar-refractivity contribution in [3.8, 4) is 0 Å². The zero-order valence-electron chi connectivity index (χ0n) is 12.9. The van der Waals surface area contributed by atoms with Crippen molar-refractivity contribution < 1.29 is 13.2 Å². The molecule has 0 radical (unpaired) electrons. The predicted molar refractivity (Wildman–Crippen MR) is 95.6 cm³/mol. The molecule has 130 valence electrons. The molecule has 25 heavy (non-hydrogen) atoms. The Labute approximate surface area is 155 Å². The fourth-order valence-electron chi connectivity index (χ4n) is 2.54. The normalized spacial score (nSPS) is 12.6. The Balaban J connectivity index is 2.02. The summed E-state index contributed by atoms with van der Waals surface area (Å²) >= 11 is 9.32. The second-order valence-electron chi connectivity index (χ2n) is 5.42. The highest BCUT2D eigenvalue weighted by atomic mass is 79.9. The number of aromatic nitrogens is 2. The van der Waals surface area contributed by atoms with Crippen LogP contribution in [0, 0.1) is 5.82 Å². The molecule has 3 rings (SSSR count). The number of nitrogens with zero attached hydrogens (tertiary/aromatic N) is 2. The Kier molecular flexibility index (Phi) is 5.15. The molecule has 0 amide bonds. The van der Waals surface area contributed by atoms with E-state index in [1.54, 1.807) is 19.1 Å². The van der Waals surface area contributed by atoms with Crippen molar-refractivity contribution in [1.82, 2.24) is 9.97 Å². The van der Waals surface area contributed by atoms with Crippen molar-refractivity contribution in [2.75, 3.05) is 5.32 Å². The molecule has 1 aromatic heterocycles. The number of anilines is 1. The van der Waals surface area contributed by atoms with Crippen LogP contribution in [0.3, 0.4) is 0 Å². The molecular weight excluding hydrogens is 419 g/mol. The maximum absolute atomic E-state index is 14.3. The lowest BCUT2D eigenvalue weighted by Gasteiger charge is -2.18. The predicted octanol–water partition coefficient (Wildman–Crippen LogP) is 6.30. The van der Waals surface area contributed by atoms with Crippen molar-refractivity contribution in [3.05, 3.63) is 63.1 Å². The minimum absolute atomic E-state index is 0.0336. The summed E-state index contributed by atoms with van der Waals surface area (Å²) in [7, 11) is 0. The van der Waals surface area contributed by atoms with Gasteiger partial charge in [-0.05, 0) is 36.7 Å². The third kappa shape index (κ3) is 3.72. The fraction of sp³-hybridized carbons (Fsp3) is 0.176. The van der Waals surface area contributed by atoms with Crippen LogP contribution in [0.4, 0.5) is 19.0 Å². The van der Waals surface area contributed by atoms with Crippen LogP contribution >= 0.6 is 27.5 Å². The summed E-state index contributed by atoms with van der Waals surface area (Å²) in [6.45, 7) is 1.66. The van der Waals surface area contributed by atoms with Crippen molar-refractivity contribution in [2.45, 2.75) is 19.4 Å². The van der Waals surface area contributed by atoms with E-state index in [1.165, 1.54) is 12.1 Å². The van der Waals surface area contributed by atoms with E-state index in [9.17, 15) is 13.2 Å². The quantitative estimate of drug-likeness (QED) is 0.494. The number of fused-ring (bicyclic) bond motifs is 1. The summed E-state index contributed by atoms with van der Waals surface area (Å²) in [4.78, 5) is 8.28. The van der Waals surface area contributed by atoms with Gasteiger partial charge in [0.05, 0.1) is 17.1 Å². The first-order valence-electron chi connectivity index (χ1n) is 7.32. The van der Waals surface area contributed by atoms with Gasteiger partial charge in [-0.15, -0.1) is 0 Å². The molecule has 1 atom stereocenters. The molecule has 1 N–H and O–H groups in total. The zero-order chi connectivity index (χ0) is 18.1. The molecule has 0 bridgehead atoms. The molecule has 0 saturated carbocycles.